The number of carbonyl (C=O) groups excluding carboxylic acids is 1. The van der Waals surface area contributed by atoms with E-state index >= 15 is 0 Å². The minimum absolute atomic E-state index is 0.327. The largest absolute Gasteiger partial charge is 0.444 e. The second-order valence-electron chi connectivity index (χ2n) is 6.51. The number of fused-ring (bicyclic) bond motifs is 1. The number of hydrogen-bond donors (Lipinski definition) is 0. The van der Waals surface area contributed by atoms with Crippen LogP contribution in [0.4, 0.5) is 9.18 Å². The van der Waals surface area contributed by atoms with Gasteiger partial charge in [-0.15, -0.1) is 0 Å². The Morgan fingerprint density at radius 1 is 1.26 bits per heavy atom. The second kappa shape index (κ2) is 5.64. The van der Waals surface area contributed by atoms with E-state index in [1.165, 1.54) is 12.3 Å². The van der Waals surface area contributed by atoms with Gasteiger partial charge in [-0.05, 0) is 39.0 Å². The molecule has 2 aromatic heterocycles. The zero-order chi connectivity index (χ0) is 16.6. The minimum atomic E-state index is -0.516. The van der Waals surface area contributed by atoms with Gasteiger partial charge < -0.3 is 9.64 Å². The van der Waals surface area contributed by atoms with E-state index in [2.05, 4.69) is 10.1 Å². The first-order chi connectivity index (χ1) is 10.8. The Bertz CT molecular complexity index is 719. The molecule has 0 radical (unpaired) electrons. The summed E-state index contributed by atoms with van der Waals surface area (Å²) in [6.07, 6.45) is 0.840. The van der Waals surface area contributed by atoms with E-state index in [1.54, 1.807) is 11.0 Å². The predicted octanol–water partition coefficient (Wildman–Crippen LogP) is 2.83. The van der Waals surface area contributed by atoms with Crippen LogP contribution in [-0.4, -0.2) is 37.9 Å². The van der Waals surface area contributed by atoms with Gasteiger partial charge in [0.1, 0.15) is 17.1 Å². The molecule has 0 aliphatic carbocycles. The molecule has 0 bridgehead atoms. The highest BCUT2D eigenvalue weighted by molar-refractivity contribution is 5.68. The molecule has 0 saturated heterocycles. The normalized spacial score (nSPS) is 14.5. The lowest BCUT2D eigenvalue weighted by Crippen LogP contribution is -2.41. The van der Waals surface area contributed by atoms with Crippen molar-refractivity contribution in [2.75, 3.05) is 6.54 Å². The lowest BCUT2D eigenvalue weighted by Gasteiger charge is -2.30. The zero-order valence-electron chi connectivity index (χ0n) is 13.4. The van der Waals surface area contributed by atoms with Crippen LogP contribution in [0.25, 0.3) is 11.4 Å². The van der Waals surface area contributed by atoms with Crippen molar-refractivity contribution in [3.05, 3.63) is 35.9 Å². The third-order valence-corrected chi connectivity index (χ3v) is 3.44. The van der Waals surface area contributed by atoms with E-state index < -0.39 is 5.60 Å². The van der Waals surface area contributed by atoms with Gasteiger partial charge in [0, 0.05) is 6.54 Å². The highest BCUT2D eigenvalue weighted by atomic mass is 19.1. The van der Waals surface area contributed by atoms with Crippen LogP contribution < -0.4 is 0 Å². The van der Waals surface area contributed by atoms with Crippen molar-refractivity contribution in [2.24, 2.45) is 0 Å². The molecule has 122 valence electrons. The lowest BCUT2D eigenvalue weighted by molar-refractivity contribution is 0.0194. The highest BCUT2D eigenvalue weighted by Gasteiger charge is 2.26. The van der Waals surface area contributed by atoms with Gasteiger partial charge in [0.25, 0.3) is 0 Å². The standard InChI is InChI=1S/C16H19FN4O2/c1-16(2,3)23-15(22)20-6-7-21-12(10-20)8-14(19-21)13-5-4-11(17)9-18-13/h4-5,8-9H,6-7,10H2,1-3H3. The van der Waals surface area contributed by atoms with Crippen molar-refractivity contribution in [3.8, 4) is 11.4 Å². The van der Waals surface area contributed by atoms with Gasteiger partial charge in [0.15, 0.2) is 0 Å². The van der Waals surface area contributed by atoms with E-state index in [-0.39, 0.29) is 11.9 Å². The molecule has 3 rings (SSSR count). The molecule has 7 heteroatoms. The lowest BCUT2D eigenvalue weighted by atomic mass is 10.2. The number of ether oxygens (including phenoxy) is 1. The Balaban J connectivity index is 1.77. The number of amides is 1. The molecule has 1 aliphatic heterocycles. The summed E-state index contributed by atoms with van der Waals surface area (Å²) in [7, 11) is 0. The van der Waals surface area contributed by atoms with E-state index in [0.29, 0.717) is 31.0 Å². The maximum Gasteiger partial charge on any atom is 0.410 e. The van der Waals surface area contributed by atoms with Crippen LogP contribution in [0.2, 0.25) is 0 Å². The summed E-state index contributed by atoms with van der Waals surface area (Å²) >= 11 is 0. The maximum atomic E-state index is 13.0. The number of halogens is 1. The van der Waals surface area contributed by atoms with Crippen LogP contribution in [0, 0.1) is 5.82 Å². The van der Waals surface area contributed by atoms with E-state index in [9.17, 15) is 9.18 Å². The Labute approximate surface area is 133 Å². The number of hydrogen-bond acceptors (Lipinski definition) is 4. The summed E-state index contributed by atoms with van der Waals surface area (Å²) in [6, 6.07) is 4.82. The molecule has 0 atom stereocenters. The molecule has 0 fully saturated rings. The first-order valence-corrected chi connectivity index (χ1v) is 7.48. The van der Waals surface area contributed by atoms with Gasteiger partial charge in [-0.25, -0.2) is 9.18 Å². The minimum Gasteiger partial charge on any atom is -0.444 e. The van der Waals surface area contributed by atoms with Crippen LogP contribution in [0.5, 0.6) is 0 Å². The molecular weight excluding hydrogens is 299 g/mol. The van der Waals surface area contributed by atoms with Gasteiger partial charge in [-0.2, -0.15) is 5.10 Å². The van der Waals surface area contributed by atoms with E-state index in [1.807, 2.05) is 31.5 Å². The molecule has 0 saturated carbocycles. The molecule has 6 nitrogen and oxygen atoms in total. The topological polar surface area (TPSA) is 60.2 Å². The van der Waals surface area contributed by atoms with E-state index in [4.69, 9.17) is 4.74 Å². The van der Waals surface area contributed by atoms with Crippen LogP contribution in [-0.2, 0) is 17.8 Å². The fraction of sp³-hybridized carbons (Fsp3) is 0.438. The average molecular weight is 318 g/mol. The van der Waals surface area contributed by atoms with Crippen molar-refractivity contribution in [1.82, 2.24) is 19.7 Å². The Morgan fingerprint density at radius 3 is 2.70 bits per heavy atom. The quantitative estimate of drug-likeness (QED) is 0.811. The first kappa shape index (κ1) is 15.5. The number of pyridine rings is 1. The Kier molecular flexibility index (Phi) is 3.79. The number of rotatable bonds is 1. The van der Waals surface area contributed by atoms with Crippen LogP contribution >= 0.6 is 0 Å². The van der Waals surface area contributed by atoms with Gasteiger partial charge in [0.2, 0.25) is 0 Å². The van der Waals surface area contributed by atoms with Crippen LogP contribution in [0.15, 0.2) is 24.4 Å². The third-order valence-electron chi connectivity index (χ3n) is 3.44. The van der Waals surface area contributed by atoms with Gasteiger partial charge >= 0.3 is 6.09 Å². The first-order valence-electron chi connectivity index (χ1n) is 7.48. The smallest absolute Gasteiger partial charge is 0.410 e. The van der Waals surface area contributed by atoms with Crippen molar-refractivity contribution in [1.29, 1.82) is 0 Å². The van der Waals surface area contributed by atoms with Gasteiger partial charge in [-0.3, -0.25) is 9.67 Å². The van der Waals surface area contributed by atoms with Crippen molar-refractivity contribution >= 4 is 6.09 Å². The summed E-state index contributed by atoms with van der Waals surface area (Å²) in [6.45, 7) is 7.10. The molecule has 1 amide bonds. The van der Waals surface area contributed by atoms with Gasteiger partial charge in [-0.1, -0.05) is 0 Å². The second-order valence-corrected chi connectivity index (χ2v) is 6.51. The summed E-state index contributed by atoms with van der Waals surface area (Å²) < 4.78 is 20.2. The van der Waals surface area contributed by atoms with Crippen LogP contribution in [0.1, 0.15) is 26.5 Å². The summed E-state index contributed by atoms with van der Waals surface area (Å²) in [4.78, 5) is 17.9. The SMILES string of the molecule is CC(C)(C)OC(=O)N1CCn2nc(-c3ccc(F)cn3)cc2C1. The molecular formula is C16H19FN4O2. The summed E-state index contributed by atoms with van der Waals surface area (Å²) in [5.74, 6) is -0.381. The molecule has 23 heavy (non-hydrogen) atoms. The number of nitrogens with zero attached hydrogens (tertiary/aromatic N) is 4. The molecule has 0 spiro atoms. The fourth-order valence-electron chi connectivity index (χ4n) is 2.40. The summed E-state index contributed by atoms with van der Waals surface area (Å²) in [5.41, 5.74) is 1.67. The molecule has 0 unspecified atom stereocenters. The maximum absolute atomic E-state index is 13.0. The van der Waals surface area contributed by atoms with E-state index in [0.717, 1.165) is 5.69 Å². The molecule has 3 heterocycles. The predicted molar refractivity (Wildman–Crippen MR) is 82.1 cm³/mol. The number of aromatic nitrogens is 3. The third kappa shape index (κ3) is 3.49. The molecule has 0 aromatic carbocycles. The molecule has 0 N–H and O–H groups in total. The Hall–Kier alpha value is -2.44. The van der Waals surface area contributed by atoms with Crippen molar-refractivity contribution in [2.45, 2.75) is 39.5 Å². The molecule has 1 aliphatic rings. The molecule has 2 aromatic rings. The van der Waals surface area contributed by atoms with Crippen LogP contribution in [0.3, 0.4) is 0 Å². The van der Waals surface area contributed by atoms with Gasteiger partial charge in [0.05, 0.1) is 30.7 Å². The highest BCUT2D eigenvalue weighted by Crippen LogP contribution is 2.22. The van der Waals surface area contributed by atoms with Crippen molar-refractivity contribution < 1.29 is 13.9 Å². The Morgan fingerprint density at radius 2 is 2.04 bits per heavy atom. The zero-order valence-corrected chi connectivity index (χ0v) is 13.4. The average Bonchev–Trinajstić information content (AvgIpc) is 2.89. The number of carbonyl (C=O) groups is 1. The monoisotopic (exact) mass is 318 g/mol. The van der Waals surface area contributed by atoms with Crippen molar-refractivity contribution in [3.63, 3.8) is 0 Å². The fourth-order valence-corrected chi connectivity index (χ4v) is 2.40. The summed E-state index contributed by atoms with van der Waals surface area (Å²) in [5, 5.41) is 4.47.